The Morgan fingerprint density at radius 1 is 0.450 bits per heavy atom. The van der Waals surface area contributed by atoms with Crippen LogP contribution in [0.4, 0.5) is 0 Å². The van der Waals surface area contributed by atoms with E-state index in [1.807, 2.05) is 0 Å². The average molecular weight is 549 g/mol. The molecule has 210 valence electrons. The molecule has 40 heavy (non-hydrogen) atoms. The first-order valence-electron chi connectivity index (χ1n) is 15.4. The van der Waals surface area contributed by atoms with Crippen LogP contribution in [0.5, 0.6) is 0 Å². The molecule has 4 aromatic rings. The van der Waals surface area contributed by atoms with E-state index in [0.717, 1.165) is 5.66 Å². The minimum Gasteiger partial charge on any atom is -0.195 e. The lowest BCUT2D eigenvalue weighted by atomic mass is 9.13. The Hall–Kier alpha value is -2.63. The van der Waals surface area contributed by atoms with Gasteiger partial charge in [0.05, 0.1) is 16.0 Å². The number of rotatable bonds is 5. The highest BCUT2D eigenvalue weighted by Crippen LogP contribution is 2.65. The number of hydrogen-bond acceptors (Lipinski definition) is 0. The van der Waals surface area contributed by atoms with Gasteiger partial charge in [-0.05, 0) is 67.2 Å². The van der Waals surface area contributed by atoms with Crippen LogP contribution in [0.1, 0.15) is 73.6 Å². The summed E-state index contributed by atoms with van der Waals surface area (Å²) in [6.07, 6.45) is 6.29. The van der Waals surface area contributed by atoms with Crippen LogP contribution < -0.4 is 21.9 Å². The van der Waals surface area contributed by atoms with Crippen molar-refractivity contribution in [2.75, 3.05) is 0 Å². The second-order valence-electron chi connectivity index (χ2n) is 13.8. The highest BCUT2D eigenvalue weighted by Gasteiger charge is 2.47. The third-order valence-corrected chi connectivity index (χ3v) is 13.5. The molecule has 0 spiro atoms. The zero-order valence-electron chi connectivity index (χ0n) is 25.7. The summed E-state index contributed by atoms with van der Waals surface area (Å²) < 4.78 is 0. The van der Waals surface area contributed by atoms with Crippen LogP contribution in [0, 0.1) is 0 Å². The van der Waals surface area contributed by atoms with Gasteiger partial charge in [-0.3, -0.25) is 0 Å². The SMILES string of the molecule is CC(C)(C)[PH+](C1CCCCC1)C(C)(C)C.c1ccc([B-](c2ccccc2)(c2ccccc2)c2ccccc2)cc1. The van der Waals surface area contributed by atoms with E-state index in [2.05, 4.69) is 163 Å². The largest absolute Gasteiger partial charge is 0.195 e. The fourth-order valence-electron chi connectivity index (χ4n) is 7.86. The quantitative estimate of drug-likeness (QED) is 0.174. The lowest BCUT2D eigenvalue weighted by molar-refractivity contribution is 0.497. The van der Waals surface area contributed by atoms with E-state index in [1.54, 1.807) is 0 Å². The smallest absolute Gasteiger partial charge is 0.108 e. The van der Waals surface area contributed by atoms with Crippen LogP contribution in [0.15, 0.2) is 121 Å². The molecular formula is C38H50BP. The number of benzene rings is 4. The van der Waals surface area contributed by atoms with Crippen LogP contribution in [0.2, 0.25) is 0 Å². The molecule has 0 radical (unpaired) electrons. The lowest BCUT2D eigenvalue weighted by Gasteiger charge is -2.44. The van der Waals surface area contributed by atoms with E-state index in [4.69, 9.17) is 0 Å². The number of hydrogen-bond donors (Lipinski definition) is 0. The highest BCUT2D eigenvalue weighted by molar-refractivity contribution is 7.61. The Morgan fingerprint density at radius 2 is 0.725 bits per heavy atom. The van der Waals surface area contributed by atoms with E-state index in [9.17, 15) is 0 Å². The van der Waals surface area contributed by atoms with Crippen molar-refractivity contribution < 1.29 is 0 Å². The highest BCUT2D eigenvalue weighted by atomic mass is 31.1. The molecule has 2 heteroatoms. The molecule has 0 atom stereocenters. The first-order chi connectivity index (χ1) is 19.1. The fourth-order valence-corrected chi connectivity index (χ4v) is 13.5. The molecule has 1 aliphatic carbocycles. The second kappa shape index (κ2) is 13.4. The molecule has 0 N–H and O–H groups in total. The van der Waals surface area contributed by atoms with Crippen LogP contribution in [0.3, 0.4) is 0 Å². The Kier molecular flexibility index (Phi) is 10.1. The molecule has 0 saturated heterocycles. The van der Waals surface area contributed by atoms with Gasteiger partial charge in [-0.25, -0.2) is 0 Å². The topological polar surface area (TPSA) is 0 Å². The maximum absolute atomic E-state index is 2.47. The molecule has 4 aromatic carbocycles. The molecule has 0 amide bonds. The van der Waals surface area contributed by atoms with Crippen molar-refractivity contribution in [2.24, 2.45) is 0 Å². The summed E-state index contributed by atoms with van der Waals surface area (Å²) >= 11 is 0. The van der Waals surface area contributed by atoms with Crippen molar-refractivity contribution in [3.8, 4) is 0 Å². The predicted molar refractivity (Wildman–Crippen MR) is 185 cm³/mol. The molecule has 5 rings (SSSR count). The summed E-state index contributed by atoms with van der Waals surface area (Å²) in [4.78, 5) is 0. The first kappa shape index (κ1) is 30.3. The van der Waals surface area contributed by atoms with Crippen LogP contribution in [-0.2, 0) is 0 Å². The molecule has 0 nitrogen and oxygen atoms in total. The minimum atomic E-state index is -1.22. The van der Waals surface area contributed by atoms with Crippen molar-refractivity contribution in [3.63, 3.8) is 0 Å². The molecule has 1 aliphatic rings. The van der Waals surface area contributed by atoms with Gasteiger partial charge < -0.3 is 0 Å². The van der Waals surface area contributed by atoms with Gasteiger partial charge >= 0.3 is 0 Å². The van der Waals surface area contributed by atoms with Crippen molar-refractivity contribution in [2.45, 2.75) is 89.6 Å². The fraction of sp³-hybridized carbons (Fsp3) is 0.368. The lowest BCUT2D eigenvalue weighted by Crippen LogP contribution is -2.74. The molecule has 0 aliphatic heterocycles. The summed E-state index contributed by atoms with van der Waals surface area (Å²) in [6, 6.07) is 43.5. The minimum absolute atomic E-state index is 0.276. The summed E-state index contributed by atoms with van der Waals surface area (Å²) in [5, 5.41) is 1.12. The van der Waals surface area contributed by atoms with Crippen LogP contribution >= 0.6 is 7.92 Å². The first-order valence-corrected chi connectivity index (χ1v) is 17.0. The molecule has 0 aromatic heterocycles. The maximum Gasteiger partial charge on any atom is 0.108 e. The van der Waals surface area contributed by atoms with Crippen molar-refractivity contribution in [1.29, 1.82) is 0 Å². The van der Waals surface area contributed by atoms with Gasteiger partial charge in [-0.1, -0.05) is 128 Å². The van der Waals surface area contributed by atoms with Crippen molar-refractivity contribution in [1.82, 2.24) is 0 Å². The van der Waals surface area contributed by atoms with Gasteiger partial charge in [0.2, 0.25) is 0 Å². The summed E-state index contributed by atoms with van der Waals surface area (Å²) in [5.41, 5.74) is 6.43. The average Bonchev–Trinajstić information content (AvgIpc) is 2.95. The van der Waals surface area contributed by atoms with Gasteiger partial charge in [0, 0.05) is 7.92 Å². The van der Waals surface area contributed by atoms with E-state index >= 15 is 0 Å². The van der Waals surface area contributed by atoms with E-state index in [0.29, 0.717) is 10.3 Å². The summed E-state index contributed by atoms with van der Waals surface area (Å²) in [5.74, 6) is 0. The van der Waals surface area contributed by atoms with Crippen molar-refractivity contribution in [3.05, 3.63) is 121 Å². The Bertz CT molecular complexity index is 1090. The Labute approximate surface area is 246 Å². The molecule has 0 unspecified atom stereocenters. The molecule has 1 saturated carbocycles. The third-order valence-electron chi connectivity index (χ3n) is 8.83. The second-order valence-corrected chi connectivity index (χ2v) is 18.4. The zero-order chi connectivity index (χ0) is 28.6. The standard InChI is InChI=1S/C24H20B.C14H29P/c1-5-13-21(14-6-1)25(22-15-7-2-8-16-22,23-17-9-3-10-18-23)24-19-11-4-12-20-24;1-13(2,3)15(14(4,5)6)12-10-8-7-9-11-12/h1-20H;12H,7-11H2,1-6H3/q-1;/p+1. The van der Waals surface area contributed by atoms with Gasteiger partial charge in [-0.15, -0.1) is 0 Å². The van der Waals surface area contributed by atoms with Crippen LogP contribution in [-0.4, -0.2) is 22.1 Å². The Balaban J connectivity index is 0.000000212. The van der Waals surface area contributed by atoms with Gasteiger partial charge in [-0.2, -0.15) is 21.9 Å². The van der Waals surface area contributed by atoms with Gasteiger partial charge in [0.25, 0.3) is 0 Å². The molecule has 0 heterocycles. The molecule has 0 bridgehead atoms. The predicted octanol–water partition coefficient (Wildman–Crippen LogP) is 8.19. The molecular weight excluding hydrogens is 498 g/mol. The Morgan fingerprint density at radius 3 is 0.975 bits per heavy atom. The molecule has 1 fully saturated rings. The summed E-state index contributed by atoms with van der Waals surface area (Å²) in [6.45, 7) is 14.8. The maximum atomic E-state index is 2.47. The normalized spacial score (nSPS) is 14.9. The van der Waals surface area contributed by atoms with Crippen LogP contribution in [0.25, 0.3) is 0 Å². The summed E-state index contributed by atoms with van der Waals surface area (Å²) in [7, 11) is -0.276. The van der Waals surface area contributed by atoms with Gasteiger partial charge in [0.1, 0.15) is 6.15 Å². The van der Waals surface area contributed by atoms with E-state index in [1.165, 1.54) is 54.0 Å². The third kappa shape index (κ3) is 6.98. The zero-order valence-corrected chi connectivity index (χ0v) is 26.7. The van der Waals surface area contributed by atoms with E-state index < -0.39 is 6.15 Å². The van der Waals surface area contributed by atoms with E-state index in [-0.39, 0.29) is 7.92 Å². The van der Waals surface area contributed by atoms with Gasteiger partial charge in [0.15, 0.2) is 0 Å². The monoisotopic (exact) mass is 548 g/mol. The van der Waals surface area contributed by atoms with Crippen molar-refractivity contribution >= 4 is 35.9 Å².